The average molecular weight is 296 g/mol. The van der Waals surface area contributed by atoms with Gasteiger partial charge in [-0.15, -0.1) is 0 Å². The molecule has 0 atom stereocenters. The van der Waals surface area contributed by atoms with Crippen LogP contribution in [0, 0.1) is 0 Å². The summed E-state index contributed by atoms with van der Waals surface area (Å²) in [6.07, 6.45) is 0. The third-order valence-electron chi connectivity index (χ3n) is 3.48. The van der Waals surface area contributed by atoms with E-state index in [0.717, 1.165) is 5.56 Å². The summed E-state index contributed by atoms with van der Waals surface area (Å²) in [6.45, 7) is 0.440. The molecule has 5 heteroatoms. The van der Waals surface area contributed by atoms with E-state index in [-0.39, 0.29) is 18.4 Å². The van der Waals surface area contributed by atoms with Gasteiger partial charge in [0.1, 0.15) is 0 Å². The lowest BCUT2D eigenvalue weighted by molar-refractivity contribution is -0.118. The molecule has 1 aliphatic rings. The second-order valence-corrected chi connectivity index (χ2v) is 5.17. The maximum atomic E-state index is 12.6. The number of hydrogen-bond acceptors (Lipinski definition) is 3. The Balaban J connectivity index is 1.83. The Bertz CT molecular complexity index is 713. The van der Waals surface area contributed by atoms with Crippen molar-refractivity contribution in [1.29, 1.82) is 0 Å². The molecule has 1 heterocycles. The van der Waals surface area contributed by atoms with Gasteiger partial charge in [0.05, 0.1) is 11.3 Å². The Labute approximate surface area is 128 Å². The normalized spacial score (nSPS) is 12.9. The third kappa shape index (κ3) is 2.79. The van der Waals surface area contributed by atoms with Gasteiger partial charge in [0.25, 0.3) is 11.8 Å². The van der Waals surface area contributed by atoms with Crippen LogP contribution in [0.4, 0.5) is 5.69 Å². The quantitative estimate of drug-likeness (QED) is 0.945. The van der Waals surface area contributed by atoms with E-state index in [4.69, 9.17) is 4.74 Å². The molecule has 5 nitrogen and oxygen atoms in total. The lowest BCUT2D eigenvalue weighted by atomic mass is 10.1. The highest BCUT2D eigenvalue weighted by Gasteiger charge is 2.24. The van der Waals surface area contributed by atoms with Crippen LogP contribution in [0.5, 0.6) is 5.75 Å². The van der Waals surface area contributed by atoms with Crippen LogP contribution < -0.4 is 10.1 Å². The minimum atomic E-state index is -0.213. The minimum absolute atomic E-state index is 0.0697. The van der Waals surface area contributed by atoms with Crippen molar-refractivity contribution in [2.75, 3.05) is 19.0 Å². The Morgan fingerprint density at radius 3 is 2.73 bits per heavy atom. The minimum Gasteiger partial charge on any atom is -0.481 e. The molecule has 2 aromatic rings. The lowest BCUT2D eigenvalue weighted by Gasteiger charge is -2.23. The first-order chi connectivity index (χ1) is 10.6. The largest absolute Gasteiger partial charge is 0.481 e. The van der Waals surface area contributed by atoms with Crippen molar-refractivity contribution >= 4 is 17.5 Å². The van der Waals surface area contributed by atoms with Gasteiger partial charge in [0.15, 0.2) is 12.4 Å². The number of fused-ring (bicyclic) bond motifs is 1. The van der Waals surface area contributed by atoms with Gasteiger partial charge >= 0.3 is 0 Å². The van der Waals surface area contributed by atoms with Gasteiger partial charge in [-0.2, -0.15) is 0 Å². The molecule has 0 spiro atoms. The van der Waals surface area contributed by atoms with Crippen molar-refractivity contribution in [3.8, 4) is 5.75 Å². The van der Waals surface area contributed by atoms with E-state index in [2.05, 4.69) is 5.32 Å². The van der Waals surface area contributed by atoms with Gasteiger partial charge in [-0.25, -0.2) is 0 Å². The molecule has 2 amide bonds. The molecule has 0 fully saturated rings. The average Bonchev–Trinajstić information content (AvgIpc) is 2.54. The molecular formula is C17H16N2O3. The zero-order valence-electron chi connectivity index (χ0n) is 12.2. The van der Waals surface area contributed by atoms with Crippen LogP contribution in [0.2, 0.25) is 0 Å². The molecule has 0 bridgehead atoms. The van der Waals surface area contributed by atoms with Gasteiger partial charge in [-0.05, 0) is 17.7 Å². The van der Waals surface area contributed by atoms with Crippen LogP contribution in [0.3, 0.4) is 0 Å². The van der Waals surface area contributed by atoms with Gasteiger partial charge in [0, 0.05) is 13.6 Å². The molecule has 0 aromatic heterocycles. The third-order valence-corrected chi connectivity index (χ3v) is 3.48. The summed E-state index contributed by atoms with van der Waals surface area (Å²) >= 11 is 0. The fourth-order valence-electron chi connectivity index (χ4n) is 2.42. The van der Waals surface area contributed by atoms with Crippen molar-refractivity contribution in [1.82, 2.24) is 4.90 Å². The Morgan fingerprint density at radius 1 is 1.18 bits per heavy atom. The molecule has 2 aromatic carbocycles. The highest BCUT2D eigenvalue weighted by Crippen LogP contribution is 2.32. The summed E-state index contributed by atoms with van der Waals surface area (Å²) in [7, 11) is 1.75. The van der Waals surface area contributed by atoms with Gasteiger partial charge < -0.3 is 15.0 Å². The molecule has 0 aliphatic carbocycles. The van der Waals surface area contributed by atoms with Crippen LogP contribution in [0.1, 0.15) is 15.9 Å². The van der Waals surface area contributed by atoms with E-state index in [1.54, 1.807) is 30.1 Å². The SMILES string of the molecule is CN(Cc1ccccc1)C(=O)c1cccc2c1OCC(=O)N2. The number of nitrogens with one attached hydrogen (secondary N) is 1. The number of hydrogen-bond donors (Lipinski definition) is 1. The van der Waals surface area contributed by atoms with Crippen LogP contribution in [0.25, 0.3) is 0 Å². The van der Waals surface area contributed by atoms with Gasteiger partial charge in [0.2, 0.25) is 0 Å². The van der Waals surface area contributed by atoms with E-state index in [0.29, 0.717) is 23.5 Å². The first-order valence-electron chi connectivity index (χ1n) is 7.00. The number of amides is 2. The number of para-hydroxylation sites is 1. The van der Waals surface area contributed by atoms with Crippen LogP contribution in [0.15, 0.2) is 48.5 Å². The van der Waals surface area contributed by atoms with Gasteiger partial charge in [-0.3, -0.25) is 9.59 Å². The summed E-state index contributed by atoms with van der Waals surface area (Å²) in [5.41, 5.74) is 2.04. The number of anilines is 1. The Kier molecular flexibility index (Phi) is 3.78. The summed E-state index contributed by atoms with van der Waals surface area (Å²) in [5, 5.41) is 2.71. The van der Waals surface area contributed by atoms with Crippen molar-refractivity contribution < 1.29 is 14.3 Å². The molecule has 0 saturated heterocycles. The van der Waals surface area contributed by atoms with E-state index in [1.165, 1.54) is 0 Å². The van der Waals surface area contributed by atoms with Crippen molar-refractivity contribution in [3.05, 3.63) is 59.7 Å². The molecule has 0 radical (unpaired) electrons. The van der Waals surface area contributed by atoms with Crippen LogP contribution >= 0.6 is 0 Å². The fourth-order valence-corrected chi connectivity index (χ4v) is 2.42. The first-order valence-corrected chi connectivity index (χ1v) is 7.00. The fraction of sp³-hybridized carbons (Fsp3) is 0.176. The summed E-state index contributed by atoms with van der Waals surface area (Å²) in [6, 6.07) is 14.9. The predicted octanol–water partition coefficient (Wildman–Crippen LogP) is 2.29. The number of rotatable bonds is 3. The summed E-state index contributed by atoms with van der Waals surface area (Å²) in [4.78, 5) is 25.6. The first kappa shape index (κ1) is 14.1. The molecule has 22 heavy (non-hydrogen) atoms. The van der Waals surface area contributed by atoms with Crippen molar-refractivity contribution in [3.63, 3.8) is 0 Å². The maximum absolute atomic E-state index is 12.6. The van der Waals surface area contributed by atoms with Gasteiger partial charge in [-0.1, -0.05) is 36.4 Å². The standard InChI is InChI=1S/C17H16N2O3/c1-19(10-12-6-3-2-4-7-12)17(21)13-8-5-9-14-16(13)22-11-15(20)18-14/h2-9H,10-11H2,1H3,(H,18,20). The van der Waals surface area contributed by atoms with E-state index >= 15 is 0 Å². The molecular weight excluding hydrogens is 280 g/mol. The number of carbonyl (C=O) groups excluding carboxylic acids is 2. The lowest BCUT2D eigenvalue weighted by Crippen LogP contribution is -2.30. The zero-order valence-corrected chi connectivity index (χ0v) is 12.2. The smallest absolute Gasteiger partial charge is 0.262 e. The highest BCUT2D eigenvalue weighted by molar-refractivity contribution is 6.03. The maximum Gasteiger partial charge on any atom is 0.262 e. The van der Waals surface area contributed by atoms with E-state index < -0.39 is 0 Å². The zero-order chi connectivity index (χ0) is 15.5. The van der Waals surface area contributed by atoms with Crippen molar-refractivity contribution in [2.45, 2.75) is 6.54 Å². The summed E-state index contributed by atoms with van der Waals surface area (Å²) < 4.78 is 5.43. The van der Waals surface area contributed by atoms with Crippen LogP contribution in [-0.4, -0.2) is 30.4 Å². The molecule has 1 N–H and O–H groups in total. The molecule has 112 valence electrons. The highest BCUT2D eigenvalue weighted by atomic mass is 16.5. The number of carbonyl (C=O) groups is 2. The van der Waals surface area contributed by atoms with E-state index in [1.807, 2.05) is 30.3 Å². The number of nitrogens with zero attached hydrogens (tertiary/aromatic N) is 1. The summed E-state index contributed by atoms with van der Waals surface area (Å²) in [5.74, 6) is 0.0820. The predicted molar refractivity (Wildman–Crippen MR) is 82.8 cm³/mol. The second-order valence-electron chi connectivity index (χ2n) is 5.17. The molecule has 1 aliphatic heterocycles. The van der Waals surface area contributed by atoms with E-state index in [9.17, 15) is 9.59 Å². The Hall–Kier alpha value is -2.82. The molecule has 3 rings (SSSR count). The second kappa shape index (κ2) is 5.89. The Morgan fingerprint density at radius 2 is 1.95 bits per heavy atom. The molecule has 0 saturated carbocycles. The number of ether oxygens (including phenoxy) is 1. The van der Waals surface area contributed by atoms with Crippen molar-refractivity contribution in [2.24, 2.45) is 0 Å². The molecule has 0 unspecified atom stereocenters. The monoisotopic (exact) mass is 296 g/mol. The van der Waals surface area contributed by atoms with Crippen LogP contribution in [-0.2, 0) is 11.3 Å². The topological polar surface area (TPSA) is 58.6 Å². The number of benzene rings is 2.